The normalized spacial score (nSPS) is 10.3. The molecule has 0 aliphatic carbocycles. The van der Waals surface area contributed by atoms with Gasteiger partial charge in [-0.1, -0.05) is 41.4 Å². The van der Waals surface area contributed by atoms with Gasteiger partial charge in [0.1, 0.15) is 0 Å². The van der Waals surface area contributed by atoms with Crippen LogP contribution in [0.1, 0.15) is 15.9 Å². The number of nitrogens with zero attached hydrogens (tertiary/aromatic N) is 1. The minimum absolute atomic E-state index is 0.0621. The first kappa shape index (κ1) is 17.3. The Balaban J connectivity index is 2.00. The van der Waals surface area contributed by atoms with Crippen LogP contribution in [0, 0.1) is 6.92 Å². The van der Waals surface area contributed by atoms with Gasteiger partial charge in [-0.25, -0.2) is 0 Å². The number of benzene rings is 2. The number of carbonyl (C=O) groups excluding carboxylic acids is 2. The topological polar surface area (TPSA) is 49.4 Å². The van der Waals surface area contributed by atoms with E-state index in [4.69, 9.17) is 23.2 Å². The second kappa shape index (κ2) is 7.49. The molecule has 0 aromatic heterocycles. The van der Waals surface area contributed by atoms with E-state index < -0.39 is 0 Å². The minimum atomic E-state index is -0.312. The summed E-state index contributed by atoms with van der Waals surface area (Å²) in [6, 6.07) is 12.1. The van der Waals surface area contributed by atoms with Gasteiger partial charge in [0.2, 0.25) is 5.91 Å². The monoisotopic (exact) mass is 350 g/mol. The Morgan fingerprint density at radius 3 is 2.43 bits per heavy atom. The summed E-state index contributed by atoms with van der Waals surface area (Å²) in [6.07, 6.45) is 0. The number of rotatable bonds is 4. The molecular weight excluding hydrogens is 335 g/mol. The molecular formula is C17H16Cl2N2O2. The standard InChI is InChI=1S/C17H16Cl2N2O2/c1-11-5-3-4-6-13(11)17(23)21(2)10-16(22)20-12-7-8-14(18)15(19)9-12/h3-9H,10H2,1-2H3,(H,20,22). The molecule has 2 rings (SSSR count). The summed E-state index contributed by atoms with van der Waals surface area (Å²) in [4.78, 5) is 25.8. The molecule has 23 heavy (non-hydrogen) atoms. The molecule has 120 valence electrons. The molecule has 0 saturated heterocycles. The third kappa shape index (κ3) is 4.47. The molecule has 0 saturated carbocycles. The fourth-order valence-electron chi connectivity index (χ4n) is 2.08. The van der Waals surface area contributed by atoms with Crippen LogP contribution in [0.5, 0.6) is 0 Å². The molecule has 4 nitrogen and oxygen atoms in total. The molecule has 0 atom stereocenters. The maximum Gasteiger partial charge on any atom is 0.254 e. The number of aryl methyl sites for hydroxylation is 1. The van der Waals surface area contributed by atoms with Crippen molar-refractivity contribution in [1.82, 2.24) is 4.90 Å². The Kier molecular flexibility index (Phi) is 5.64. The second-order valence-corrected chi connectivity index (χ2v) is 5.97. The number of anilines is 1. The lowest BCUT2D eigenvalue weighted by molar-refractivity contribution is -0.116. The Morgan fingerprint density at radius 2 is 1.78 bits per heavy atom. The van der Waals surface area contributed by atoms with Crippen LogP contribution >= 0.6 is 23.2 Å². The zero-order chi connectivity index (χ0) is 17.0. The van der Waals surface area contributed by atoms with E-state index in [9.17, 15) is 9.59 Å². The molecule has 0 aliphatic rings. The molecule has 0 heterocycles. The highest BCUT2D eigenvalue weighted by Gasteiger charge is 2.16. The van der Waals surface area contributed by atoms with Crippen molar-refractivity contribution in [3.63, 3.8) is 0 Å². The summed E-state index contributed by atoms with van der Waals surface area (Å²) in [7, 11) is 1.59. The van der Waals surface area contributed by atoms with Crippen molar-refractivity contribution >= 4 is 40.7 Å². The number of hydrogen-bond acceptors (Lipinski definition) is 2. The van der Waals surface area contributed by atoms with Gasteiger partial charge in [0.05, 0.1) is 16.6 Å². The number of carbonyl (C=O) groups is 2. The van der Waals surface area contributed by atoms with Crippen LogP contribution in [-0.4, -0.2) is 30.3 Å². The van der Waals surface area contributed by atoms with E-state index in [1.165, 1.54) is 4.90 Å². The zero-order valence-electron chi connectivity index (χ0n) is 12.8. The highest BCUT2D eigenvalue weighted by Crippen LogP contribution is 2.24. The Hall–Kier alpha value is -2.04. The van der Waals surface area contributed by atoms with Gasteiger partial charge in [0, 0.05) is 18.3 Å². The molecule has 0 spiro atoms. The lowest BCUT2D eigenvalue weighted by Crippen LogP contribution is -2.35. The summed E-state index contributed by atoms with van der Waals surface area (Å²) in [6.45, 7) is 1.80. The Morgan fingerprint density at radius 1 is 1.09 bits per heavy atom. The van der Waals surface area contributed by atoms with Gasteiger partial charge in [0.25, 0.3) is 5.91 Å². The number of hydrogen-bond donors (Lipinski definition) is 1. The van der Waals surface area contributed by atoms with Gasteiger partial charge in [0.15, 0.2) is 0 Å². The van der Waals surface area contributed by atoms with E-state index in [0.717, 1.165) is 5.56 Å². The molecule has 0 fully saturated rings. The van der Waals surface area contributed by atoms with Crippen molar-refractivity contribution in [2.75, 3.05) is 18.9 Å². The van der Waals surface area contributed by atoms with E-state index in [0.29, 0.717) is 21.3 Å². The maximum absolute atomic E-state index is 12.4. The van der Waals surface area contributed by atoms with Crippen LogP contribution in [0.15, 0.2) is 42.5 Å². The molecule has 0 bridgehead atoms. The predicted octanol–water partition coefficient (Wildman–Crippen LogP) is 4.01. The number of nitrogens with one attached hydrogen (secondary N) is 1. The van der Waals surface area contributed by atoms with Crippen molar-refractivity contribution in [1.29, 1.82) is 0 Å². The summed E-state index contributed by atoms with van der Waals surface area (Å²) < 4.78 is 0. The van der Waals surface area contributed by atoms with Crippen LogP contribution in [0.3, 0.4) is 0 Å². The van der Waals surface area contributed by atoms with Gasteiger partial charge in [-0.2, -0.15) is 0 Å². The van der Waals surface area contributed by atoms with Crippen LogP contribution in [-0.2, 0) is 4.79 Å². The van der Waals surface area contributed by atoms with Gasteiger partial charge >= 0.3 is 0 Å². The first-order chi connectivity index (χ1) is 10.9. The summed E-state index contributed by atoms with van der Waals surface area (Å²) in [5.74, 6) is -0.514. The van der Waals surface area contributed by atoms with Crippen molar-refractivity contribution in [3.05, 3.63) is 63.6 Å². The van der Waals surface area contributed by atoms with Crippen LogP contribution in [0.2, 0.25) is 10.0 Å². The van der Waals surface area contributed by atoms with Crippen molar-refractivity contribution < 1.29 is 9.59 Å². The SMILES string of the molecule is Cc1ccccc1C(=O)N(C)CC(=O)Nc1ccc(Cl)c(Cl)c1. The fourth-order valence-corrected chi connectivity index (χ4v) is 2.38. The van der Waals surface area contributed by atoms with Crippen molar-refractivity contribution in [3.8, 4) is 0 Å². The summed E-state index contributed by atoms with van der Waals surface area (Å²) >= 11 is 11.7. The first-order valence-electron chi connectivity index (χ1n) is 6.94. The minimum Gasteiger partial charge on any atom is -0.332 e. The van der Waals surface area contributed by atoms with Crippen molar-refractivity contribution in [2.45, 2.75) is 6.92 Å². The molecule has 2 aromatic carbocycles. The number of halogens is 2. The van der Waals surface area contributed by atoms with Crippen LogP contribution in [0.4, 0.5) is 5.69 Å². The fraction of sp³-hybridized carbons (Fsp3) is 0.176. The third-order valence-electron chi connectivity index (χ3n) is 3.31. The number of amides is 2. The van der Waals surface area contributed by atoms with E-state index in [1.54, 1.807) is 37.4 Å². The lowest BCUT2D eigenvalue weighted by Gasteiger charge is -2.18. The largest absolute Gasteiger partial charge is 0.332 e. The lowest BCUT2D eigenvalue weighted by atomic mass is 10.1. The number of likely N-dealkylation sites (N-methyl/N-ethyl adjacent to an activating group) is 1. The van der Waals surface area contributed by atoms with E-state index in [1.807, 2.05) is 19.1 Å². The van der Waals surface area contributed by atoms with E-state index in [2.05, 4.69) is 5.32 Å². The van der Waals surface area contributed by atoms with Crippen LogP contribution in [0.25, 0.3) is 0 Å². The highest BCUT2D eigenvalue weighted by molar-refractivity contribution is 6.42. The smallest absolute Gasteiger partial charge is 0.254 e. The van der Waals surface area contributed by atoms with Gasteiger partial charge in [-0.3, -0.25) is 9.59 Å². The average molecular weight is 351 g/mol. The van der Waals surface area contributed by atoms with Crippen LogP contribution < -0.4 is 5.32 Å². The molecule has 1 N–H and O–H groups in total. The molecule has 0 aliphatic heterocycles. The average Bonchev–Trinajstić information content (AvgIpc) is 2.50. The molecule has 6 heteroatoms. The van der Waals surface area contributed by atoms with Crippen molar-refractivity contribution in [2.24, 2.45) is 0 Å². The predicted molar refractivity (Wildman–Crippen MR) is 93.2 cm³/mol. The second-order valence-electron chi connectivity index (χ2n) is 5.15. The zero-order valence-corrected chi connectivity index (χ0v) is 14.3. The molecule has 0 unspecified atom stereocenters. The summed E-state index contributed by atoms with van der Waals surface area (Å²) in [5.41, 5.74) is 1.98. The Bertz CT molecular complexity index is 747. The third-order valence-corrected chi connectivity index (χ3v) is 4.05. The molecule has 0 radical (unpaired) electrons. The summed E-state index contributed by atoms with van der Waals surface area (Å²) in [5, 5.41) is 3.45. The van der Waals surface area contributed by atoms with E-state index in [-0.39, 0.29) is 18.4 Å². The van der Waals surface area contributed by atoms with Gasteiger partial charge < -0.3 is 10.2 Å². The molecule has 2 amide bonds. The molecule has 2 aromatic rings. The highest BCUT2D eigenvalue weighted by atomic mass is 35.5. The van der Waals surface area contributed by atoms with Gasteiger partial charge in [-0.15, -0.1) is 0 Å². The first-order valence-corrected chi connectivity index (χ1v) is 7.70. The maximum atomic E-state index is 12.4. The Labute approximate surface area is 145 Å². The van der Waals surface area contributed by atoms with Gasteiger partial charge in [-0.05, 0) is 36.8 Å². The van der Waals surface area contributed by atoms with E-state index >= 15 is 0 Å². The quantitative estimate of drug-likeness (QED) is 0.905.